The van der Waals surface area contributed by atoms with Gasteiger partial charge < -0.3 is 28.9 Å². The summed E-state index contributed by atoms with van der Waals surface area (Å²) in [7, 11) is 1.77. The molecule has 3 aliphatic rings. The van der Waals surface area contributed by atoms with E-state index in [2.05, 4.69) is 4.90 Å². The smallest absolute Gasteiger partial charge is 0.337 e. The molecule has 0 radical (unpaired) electrons. The number of likely N-dealkylation sites (tertiary alicyclic amines) is 1. The standard InChI is InChI=1S/C36H46FN5O6/c1-21-23-10-9-17-47-31(23)26(37)18-24(21)30-25-19-27(34(44)42-15-13-40(14-16-42)20-28(43)41-11-7-8-12-41)39(6)33(25)38-22(2)29(30)32(35(45)46)48-36(3,4)5/h18-19,32H,7-17,20H2,1-6H3,(H,45,46)/t32-/m0/s1. The monoisotopic (exact) mass is 663 g/mol. The fourth-order valence-electron chi connectivity index (χ4n) is 7.31. The van der Waals surface area contributed by atoms with Crippen LogP contribution in [-0.2, 0) is 27.8 Å². The van der Waals surface area contributed by atoms with Gasteiger partial charge in [-0.3, -0.25) is 14.5 Å². The van der Waals surface area contributed by atoms with Crippen LogP contribution in [0.1, 0.15) is 79.0 Å². The predicted octanol–water partition coefficient (Wildman–Crippen LogP) is 4.64. The molecule has 2 aromatic heterocycles. The largest absolute Gasteiger partial charge is 0.490 e. The lowest BCUT2D eigenvalue weighted by Gasteiger charge is -2.35. The second-order valence-electron chi connectivity index (χ2n) is 14.2. The van der Waals surface area contributed by atoms with Crippen LogP contribution in [0.5, 0.6) is 5.75 Å². The Morgan fingerprint density at radius 2 is 1.71 bits per heavy atom. The summed E-state index contributed by atoms with van der Waals surface area (Å²) in [6.45, 7) is 13.5. The fourth-order valence-corrected chi connectivity index (χ4v) is 7.31. The minimum Gasteiger partial charge on any atom is -0.490 e. The van der Waals surface area contributed by atoms with Crippen LogP contribution in [0.25, 0.3) is 22.2 Å². The maximum atomic E-state index is 15.7. The van der Waals surface area contributed by atoms with Gasteiger partial charge in [-0.15, -0.1) is 0 Å². The average molecular weight is 664 g/mol. The number of aromatic nitrogens is 2. The van der Waals surface area contributed by atoms with Crippen LogP contribution in [0.2, 0.25) is 0 Å². The SMILES string of the molecule is Cc1nc2c(cc(C(=O)N3CCN(CC(=O)N4CCCC4)CC3)n2C)c(-c2cc(F)c3c(c2C)CCCO3)c1[C@H](OC(C)(C)C)C(=O)O. The number of aryl methyl sites for hydroxylation is 2. The average Bonchev–Trinajstić information content (AvgIpc) is 3.70. The Morgan fingerprint density at radius 1 is 1.02 bits per heavy atom. The maximum Gasteiger partial charge on any atom is 0.337 e. The fraction of sp³-hybridized carbons (Fsp3) is 0.556. The number of carboxylic acid groups (broad SMARTS) is 1. The molecule has 6 rings (SSSR count). The molecule has 1 aromatic carbocycles. The second-order valence-corrected chi connectivity index (χ2v) is 14.2. The van der Waals surface area contributed by atoms with Crippen molar-refractivity contribution in [2.24, 2.45) is 7.05 Å². The number of carboxylic acids is 1. The number of piperazine rings is 1. The van der Waals surface area contributed by atoms with Crippen LogP contribution in [0.4, 0.5) is 4.39 Å². The Kier molecular flexibility index (Phi) is 9.25. The number of nitrogens with zero attached hydrogens (tertiary/aromatic N) is 5. The van der Waals surface area contributed by atoms with Crippen molar-refractivity contribution in [2.75, 3.05) is 52.4 Å². The minimum absolute atomic E-state index is 0.140. The number of pyridine rings is 1. The van der Waals surface area contributed by atoms with Gasteiger partial charge in [0.05, 0.1) is 18.8 Å². The van der Waals surface area contributed by atoms with Crippen molar-refractivity contribution >= 4 is 28.8 Å². The van der Waals surface area contributed by atoms with Crippen LogP contribution in [0.3, 0.4) is 0 Å². The van der Waals surface area contributed by atoms with Gasteiger partial charge >= 0.3 is 5.97 Å². The first-order valence-corrected chi connectivity index (χ1v) is 16.9. The van der Waals surface area contributed by atoms with Crippen molar-refractivity contribution in [1.82, 2.24) is 24.3 Å². The Hall–Kier alpha value is -4.03. The summed E-state index contributed by atoms with van der Waals surface area (Å²) in [6, 6.07) is 3.15. The third-order valence-electron chi connectivity index (χ3n) is 9.76. The Balaban J connectivity index is 1.42. The molecule has 0 aliphatic carbocycles. The minimum atomic E-state index is -1.40. The molecular formula is C36H46FN5O6. The first-order chi connectivity index (χ1) is 22.7. The zero-order valence-electron chi connectivity index (χ0n) is 28.8. The molecule has 3 aromatic rings. The second kappa shape index (κ2) is 13.1. The summed E-state index contributed by atoms with van der Waals surface area (Å²) >= 11 is 0. The zero-order chi connectivity index (χ0) is 34.5. The number of hydrogen-bond acceptors (Lipinski definition) is 7. The van der Waals surface area contributed by atoms with E-state index in [1.807, 2.05) is 11.8 Å². The van der Waals surface area contributed by atoms with E-state index in [4.69, 9.17) is 14.5 Å². The summed E-state index contributed by atoms with van der Waals surface area (Å²) < 4.78 is 29.3. The van der Waals surface area contributed by atoms with E-state index in [9.17, 15) is 19.5 Å². The molecular weight excluding hydrogens is 617 g/mol. The van der Waals surface area contributed by atoms with E-state index < -0.39 is 23.5 Å². The van der Waals surface area contributed by atoms with Gasteiger partial charge in [-0.25, -0.2) is 14.2 Å². The first kappa shape index (κ1) is 33.9. The molecule has 2 fully saturated rings. The normalized spacial score (nSPS) is 17.8. The molecule has 5 heterocycles. The number of carbonyl (C=O) groups excluding carboxylic acids is 2. The zero-order valence-corrected chi connectivity index (χ0v) is 28.8. The molecule has 12 heteroatoms. The van der Waals surface area contributed by atoms with E-state index in [0.717, 1.165) is 43.5 Å². The van der Waals surface area contributed by atoms with Crippen LogP contribution in [-0.4, -0.2) is 105 Å². The summed E-state index contributed by atoms with van der Waals surface area (Å²) in [5.74, 6) is -1.52. The van der Waals surface area contributed by atoms with Crippen molar-refractivity contribution in [2.45, 2.75) is 72.0 Å². The molecule has 1 N–H and O–H groups in total. The predicted molar refractivity (Wildman–Crippen MR) is 179 cm³/mol. The number of fused-ring (bicyclic) bond motifs is 2. The molecule has 3 aliphatic heterocycles. The molecule has 0 bridgehead atoms. The van der Waals surface area contributed by atoms with E-state index in [-0.39, 0.29) is 17.6 Å². The number of hydrogen-bond donors (Lipinski definition) is 1. The molecule has 0 spiro atoms. The van der Waals surface area contributed by atoms with Gasteiger partial charge in [0.25, 0.3) is 5.91 Å². The molecule has 1 atom stereocenters. The lowest BCUT2D eigenvalue weighted by molar-refractivity contribution is -0.160. The Labute approximate surface area is 280 Å². The van der Waals surface area contributed by atoms with Gasteiger partial charge in [-0.05, 0) is 83.6 Å². The summed E-state index contributed by atoms with van der Waals surface area (Å²) in [4.78, 5) is 50.3. The highest BCUT2D eigenvalue weighted by molar-refractivity contribution is 6.04. The van der Waals surface area contributed by atoms with Gasteiger partial charge in [0, 0.05) is 74.1 Å². The number of amides is 2. The van der Waals surface area contributed by atoms with Crippen molar-refractivity contribution in [3.8, 4) is 16.9 Å². The molecule has 2 saturated heterocycles. The molecule has 48 heavy (non-hydrogen) atoms. The highest BCUT2D eigenvalue weighted by Gasteiger charge is 2.35. The van der Waals surface area contributed by atoms with Gasteiger partial charge in [-0.2, -0.15) is 0 Å². The summed E-state index contributed by atoms with van der Waals surface area (Å²) in [5, 5.41) is 11.0. The molecule has 0 saturated carbocycles. The van der Waals surface area contributed by atoms with E-state index in [1.165, 1.54) is 6.07 Å². The number of aliphatic carboxylic acids is 1. The molecule has 2 amide bonds. The highest BCUT2D eigenvalue weighted by atomic mass is 19.1. The third kappa shape index (κ3) is 6.39. The first-order valence-electron chi connectivity index (χ1n) is 16.9. The highest BCUT2D eigenvalue weighted by Crippen LogP contribution is 2.45. The van der Waals surface area contributed by atoms with Crippen LogP contribution < -0.4 is 4.74 Å². The maximum absolute atomic E-state index is 15.7. The van der Waals surface area contributed by atoms with Crippen molar-refractivity contribution < 1.29 is 33.4 Å². The number of halogens is 1. The molecule has 258 valence electrons. The summed E-state index contributed by atoms with van der Waals surface area (Å²) in [6.07, 6.45) is 2.06. The number of ether oxygens (including phenoxy) is 2. The quantitative estimate of drug-likeness (QED) is 0.389. The van der Waals surface area contributed by atoms with Crippen LogP contribution in [0.15, 0.2) is 12.1 Å². The van der Waals surface area contributed by atoms with Gasteiger partial charge in [0.15, 0.2) is 17.7 Å². The topological polar surface area (TPSA) is 117 Å². The Bertz CT molecular complexity index is 1760. The van der Waals surface area contributed by atoms with E-state index >= 15 is 4.39 Å². The van der Waals surface area contributed by atoms with Crippen molar-refractivity contribution in [3.63, 3.8) is 0 Å². The van der Waals surface area contributed by atoms with E-state index in [0.29, 0.717) is 84.9 Å². The lowest BCUT2D eigenvalue weighted by atomic mass is 9.86. The lowest BCUT2D eigenvalue weighted by Crippen LogP contribution is -2.51. The molecule has 0 unspecified atom stereocenters. The number of carbonyl (C=O) groups is 3. The van der Waals surface area contributed by atoms with Crippen molar-refractivity contribution in [1.29, 1.82) is 0 Å². The van der Waals surface area contributed by atoms with Crippen LogP contribution in [0, 0.1) is 19.7 Å². The number of benzene rings is 1. The van der Waals surface area contributed by atoms with Gasteiger partial charge in [0.2, 0.25) is 5.91 Å². The molecule has 11 nitrogen and oxygen atoms in total. The summed E-state index contributed by atoms with van der Waals surface area (Å²) in [5.41, 5.74) is 3.34. The van der Waals surface area contributed by atoms with Gasteiger partial charge in [0.1, 0.15) is 11.3 Å². The van der Waals surface area contributed by atoms with Crippen molar-refractivity contribution in [3.05, 3.63) is 46.0 Å². The van der Waals surface area contributed by atoms with E-state index in [1.54, 1.807) is 50.3 Å². The number of rotatable bonds is 7. The Morgan fingerprint density at radius 3 is 2.35 bits per heavy atom. The van der Waals surface area contributed by atoms with Gasteiger partial charge in [-0.1, -0.05) is 0 Å². The third-order valence-corrected chi connectivity index (χ3v) is 9.76. The van der Waals surface area contributed by atoms with Crippen LogP contribution >= 0.6 is 0 Å².